The van der Waals surface area contributed by atoms with Gasteiger partial charge in [0.15, 0.2) is 0 Å². The van der Waals surface area contributed by atoms with E-state index < -0.39 is 0 Å². The van der Waals surface area contributed by atoms with Crippen molar-refractivity contribution in [3.8, 4) is 5.75 Å². The van der Waals surface area contributed by atoms with Crippen LogP contribution >= 0.6 is 0 Å². The van der Waals surface area contributed by atoms with Gasteiger partial charge >= 0.3 is 0 Å². The molecule has 0 saturated heterocycles. The van der Waals surface area contributed by atoms with Crippen molar-refractivity contribution in [3.05, 3.63) is 29.3 Å². The Balaban J connectivity index is 2.30. The van der Waals surface area contributed by atoms with Gasteiger partial charge in [-0.25, -0.2) is 0 Å². The van der Waals surface area contributed by atoms with Crippen molar-refractivity contribution in [1.29, 1.82) is 0 Å². The highest BCUT2D eigenvalue weighted by molar-refractivity contribution is 5.40. The summed E-state index contributed by atoms with van der Waals surface area (Å²) >= 11 is 0. The van der Waals surface area contributed by atoms with E-state index in [1.54, 1.807) is 0 Å². The van der Waals surface area contributed by atoms with Crippen LogP contribution < -0.4 is 10.5 Å². The fraction of sp³-hybridized carbons (Fsp3) is 0.400. The van der Waals surface area contributed by atoms with Crippen LogP contribution in [0.15, 0.2) is 18.2 Å². The molecule has 1 aromatic carbocycles. The molecule has 1 unspecified atom stereocenters. The highest BCUT2D eigenvalue weighted by Crippen LogP contribution is 2.28. The second-order valence-electron chi connectivity index (χ2n) is 3.29. The van der Waals surface area contributed by atoms with Crippen molar-refractivity contribution in [2.45, 2.75) is 19.4 Å². The summed E-state index contributed by atoms with van der Waals surface area (Å²) in [5, 5.41) is 0. The van der Waals surface area contributed by atoms with E-state index in [1.165, 1.54) is 11.1 Å². The molecule has 0 saturated carbocycles. The smallest absolute Gasteiger partial charge is 0.123 e. The summed E-state index contributed by atoms with van der Waals surface area (Å²) in [6.07, 6.45) is 1.16. The van der Waals surface area contributed by atoms with E-state index >= 15 is 0 Å². The molecule has 2 rings (SSSR count). The SMILES string of the molecule is Cc1ccc2c(c1)CC(CN)O2. The summed E-state index contributed by atoms with van der Waals surface area (Å²) in [5.41, 5.74) is 8.11. The zero-order valence-corrected chi connectivity index (χ0v) is 7.21. The third-order valence-electron chi connectivity index (χ3n) is 2.22. The first-order valence-electron chi connectivity index (χ1n) is 4.26. The summed E-state index contributed by atoms with van der Waals surface area (Å²) in [6, 6.07) is 6.27. The van der Waals surface area contributed by atoms with E-state index in [0.29, 0.717) is 6.54 Å². The largest absolute Gasteiger partial charge is 0.488 e. The lowest BCUT2D eigenvalue weighted by atomic mass is 10.1. The lowest BCUT2D eigenvalue weighted by Crippen LogP contribution is -2.24. The van der Waals surface area contributed by atoms with E-state index in [4.69, 9.17) is 10.5 Å². The zero-order chi connectivity index (χ0) is 8.55. The molecule has 1 aliphatic rings. The Morgan fingerprint density at radius 1 is 1.58 bits per heavy atom. The average molecular weight is 163 g/mol. The van der Waals surface area contributed by atoms with Crippen molar-refractivity contribution < 1.29 is 4.74 Å². The highest BCUT2D eigenvalue weighted by atomic mass is 16.5. The maximum Gasteiger partial charge on any atom is 0.123 e. The quantitative estimate of drug-likeness (QED) is 0.676. The standard InChI is InChI=1S/C10H13NO/c1-7-2-3-10-8(4-7)5-9(6-11)12-10/h2-4,9H,5-6,11H2,1H3. The van der Waals surface area contributed by atoms with Gasteiger partial charge < -0.3 is 10.5 Å². The maximum atomic E-state index is 5.59. The van der Waals surface area contributed by atoms with Crippen molar-refractivity contribution in [2.24, 2.45) is 5.73 Å². The molecule has 1 atom stereocenters. The van der Waals surface area contributed by atoms with Gasteiger partial charge in [0.25, 0.3) is 0 Å². The number of benzene rings is 1. The first-order chi connectivity index (χ1) is 5.79. The summed E-state index contributed by atoms with van der Waals surface area (Å²) in [5.74, 6) is 1.01. The van der Waals surface area contributed by atoms with Crippen LogP contribution in [0.2, 0.25) is 0 Å². The van der Waals surface area contributed by atoms with Gasteiger partial charge in [-0.1, -0.05) is 17.7 Å². The van der Waals surface area contributed by atoms with Gasteiger partial charge in [-0.15, -0.1) is 0 Å². The first kappa shape index (κ1) is 7.62. The van der Waals surface area contributed by atoms with E-state index in [1.807, 2.05) is 6.07 Å². The number of ether oxygens (including phenoxy) is 1. The fourth-order valence-electron chi connectivity index (χ4n) is 1.58. The molecule has 1 heterocycles. The monoisotopic (exact) mass is 163 g/mol. The van der Waals surface area contributed by atoms with Crippen LogP contribution in [-0.4, -0.2) is 12.6 Å². The van der Waals surface area contributed by atoms with Crippen LogP contribution in [0.1, 0.15) is 11.1 Å². The number of nitrogens with two attached hydrogens (primary N) is 1. The Labute approximate surface area is 72.3 Å². The maximum absolute atomic E-state index is 5.59. The van der Waals surface area contributed by atoms with Crippen molar-refractivity contribution in [3.63, 3.8) is 0 Å². The third-order valence-corrected chi connectivity index (χ3v) is 2.22. The van der Waals surface area contributed by atoms with Crippen LogP contribution in [0.5, 0.6) is 5.75 Å². The molecule has 0 amide bonds. The van der Waals surface area contributed by atoms with Crippen LogP contribution in [-0.2, 0) is 6.42 Å². The number of rotatable bonds is 1. The lowest BCUT2D eigenvalue weighted by Gasteiger charge is -2.05. The minimum Gasteiger partial charge on any atom is -0.488 e. The third kappa shape index (κ3) is 1.18. The Hall–Kier alpha value is -1.02. The summed E-state index contributed by atoms with van der Waals surface area (Å²) in [4.78, 5) is 0. The van der Waals surface area contributed by atoms with Gasteiger partial charge in [-0.3, -0.25) is 0 Å². The molecule has 2 heteroatoms. The van der Waals surface area contributed by atoms with Gasteiger partial charge in [-0.2, -0.15) is 0 Å². The second-order valence-corrected chi connectivity index (χ2v) is 3.29. The highest BCUT2D eigenvalue weighted by Gasteiger charge is 2.20. The number of hydrogen-bond acceptors (Lipinski definition) is 2. The van der Waals surface area contributed by atoms with E-state index in [2.05, 4.69) is 19.1 Å². The minimum absolute atomic E-state index is 0.196. The topological polar surface area (TPSA) is 35.2 Å². The number of fused-ring (bicyclic) bond motifs is 1. The van der Waals surface area contributed by atoms with Gasteiger partial charge in [0.1, 0.15) is 11.9 Å². The minimum atomic E-state index is 0.196. The molecule has 1 aliphatic heterocycles. The van der Waals surface area contributed by atoms with Gasteiger partial charge in [0, 0.05) is 13.0 Å². The molecule has 64 valence electrons. The molecule has 2 N–H and O–H groups in total. The molecular formula is C10H13NO. The molecule has 2 nitrogen and oxygen atoms in total. The van der Waals surface area contributed by atoms with E-state index in [-0.39, 0.29) is 6.10 Å². The van der Waals surface area contributed by atoms with E-state index in [0.717, 1.165) is 12.2 Å². The molecule has 0 bridgehead atoms. The molecular weight excluding hydrogens is 150 g/mol. The Kier molecular flexibility index (Phi) is 1.77. The van der Waals surface area contributed by atoms with Gasteiger partial charge in [0.05, 0.1) is 0 Å². The molecule has 0 radical (unpaired) electrons. The molecule has 1 aromatic rings. The average Bonchev–Trinajstić information content (AvgIpc) is 2.46. The van der Waals surface area contributed by atoms with Gasteiger partial charge in [0.2, 0.25) is 0 Å². The second kappa shape index (κ2) is 2.79. The first-order valence-corrected chi connectivity index (χ1v) is 4.26. The van der Waals surface area contributed by atoms with Crippen LogP contribution in [0.4, 0.5) is 0 Å². The molecule has 0 fully saturated rings. The summed E-state index contributed by atoms with van der Waals surface area (Å²) in [6.45, 7) is 2.70. The molecule has 0 aliphatic carbocycles. The number of hydrogen-bond donors (Lipinski definition) is 1. The number of aryl methyl sites for hydroxylation is 1. The van der Waals surface area contributed by atoms with E-state index in [9.17, 15) is 0 Å². The molecule has 0 spiro atoms. The predicted molar refractivity (Wildman–Crippen MR) is 48.4 cm³/mol. The summed E-state index contributed by atoms with van der Waals surface area (Å²) in [7, 11) is 0. The Morgan fingerprint density at radius 2 is 2.42 bits per heavy atom. The normalized spacial score (nSPS) is 20.3. The van der Waals surface area contributed by atoms with Crippen molar-refractivity contribution in [1.82, 2.24) is 0 Å². The zero-order valence-electron chi connectivity index (χ0n) is 7.21. The van der Waals surface area contributed by atoms with Gasteiger partial charge in [-0.05, 0) is 18.6 Å². The Morgan fingerprint density at radius 3 is 3.17 bits per heavy atom. The van der Waals surface area contributed by atoms with Crippen LogP contribution in [0, 0.1) is 6.92 Å². The van der Waals surface area contributed by atoms with Crippen LogP contribution in [0.25, 0.3) is 0 Å². The van der Waals surface area contributed by atoms with Crippen LogP contribution in [0.3, 0.4) is 0 Å². The molecule has 0 aromatic heterocycles. The fourth-order valence-corrected chi connectivity index (χ4v) is 1.58. The Bertz CT molecular complexity index is 296. The van der Waals surface area contributed by atoms with Crippen molar-refractivity contribution in [2.75, 3.05) is 6.54 Å². The predicted octanol–water partition coefficient (Wildman–Crippen LogP) is 1.26. The van der Waals surface area contributed by atoms with Crippen molar-refractivity contribution >= 4 is 0 Å². The molecule has 12 heavy (non-hydrogen) atoms. The summed E-state index contributed by atoms with van der Waals surface area (Å²) < 4.78 is 5.59. The lowest BCUT2D eigenvalue weighted by molar-refractivity contribution is 0.241.